The third-order valence-electron chi connectivity index (χ3n) is 1.91. The first-order valence-corrected chi connectivity index (χ1v) is 5.21. The van der Waals surface area contributed by atoms with Crippen LogP contribution in [-0.4, -0.2) is 11.2 Å². The first-order chi connectivity index (χ1) is 5.49. The lowest BCUT2D eigenvalue weighted by molar-refractivity contribution is 0.173. The van der Waals surface area contributed by atoms with E-state index >= 15 is 0 Å². The van der Waals surface area contributed by atoms with Crippen molar-refractivity contribution in [3.05, 3.63) is 21.3 Å². The van der Waals surface area contributed by atoms with Gasteiger partial charge in [-0.25, -0.2) is 0 Å². The van der Waals surface area contributed by atoms with E-state index in [0.29, 0.717) is 0 Å². The molecule has 0 aliphatic carbocycles. The topological polar surface area (TPSA) is 20.2 Å². The smallest absolute Gasteiger partial charge is 0.0807 e. The molecule has 70 valence electrons. The monoisotopic (exact) mass is 280 g/mol. The van der Waals surface area contributed by atoms with Gasteiger partial charge in [0.15, 0.2) is 0 Å². The number of hydrogen-bond acceptors (Lipinski definition) is 1. The molecular formula is C10H17IO. The van der Waals surface area contributed by atoms with Crippen LogP contribution < -0.4 is 0 Å². The molecule has 0 aromatic heterocycles. The van der Waals surface area contributed by atoms with Gasteiger partial charge in [0.2, 0.25) is 0 Å². The van der Waals surface area contributed by atoms with E-state index < -0.39 is 0 Å². The summed E-state index contributed by atoms with van der Waals surface area (Å²) in [5, 5.41) is 9.72. The van der Waals surface area contributed by atoms with Crippen LogP contribution in [0, 0.1) is 5.92 Å². The van der Waals surface area contributed by atoms with Gasteiger partial charge in [0.1, 0.15) is 0 Å². The fourth-order valence-corrected chi connectivity index (χ4v) is 1.61. The molecule has 0 fully saturated rings. The van der Waals surface area contributed by atoms with E-state index in [2.05, 4.69) is 28.7 Å². The van der Waals surface area contributed by atoms with Crippen molar-refractivity contribution < 1.29 is 5.11 Å². The molecule has 0 heterocycles. The number of halogens is 1. The van der Waals surface area contributed by atoms with Crippen LogP contribution in [0.5, 0.6) is 0 Å². The summed E-state index contributed by atoms with van der Waals surface area (Å²) in [4.78, 5) is 0. The fraction of sp³-hybridized carbons (Fsp3) is 0.600. The minimum absolute atomic E-state index is 0.207. The summed E-state index contributed by atoms with van der Waals surface area (Å²) >= 11 is 2.26. The summed E-state index contributed by atoms with van der Waals surface area (Å²) in [6.45, 7) is 7.97. The second-order valence-corrected chi connectivity index (χ2v) is 4.79. The summed E-state index contributed by atoms with van der Waals surface area (Å²) in [7, 11) is 0. The Labute approximate surface area is 88.7 Å². The Morgan fingerprint density at radius 3 is 2.25 bits per heavy atom. The first-order valence-electron chi connectivity index (χ1n) is 4.13. The van der Waals surface area contributed by atoms with E-state index in [9.17, 15) is 5.11 Å². The van der Waals surface area contributed by atoms with Crippen molar-refractivity contribution in [2.75, 3.05) is 0 Å². The summed E-state index contributed by atoms with van der Waals surface area (Å²) in [6, 6.07) is 0. The lowest BCUT2D eigenvalue weighted by Gasteiger charge is -2.16. The molecule has 0 amide bonds. The second-order valence-electron chi connectivity index (χ2n) is 3.09. The second kappa shape index (κ2) is 5.75. The molecular weight excluding hydrogens is 263 g/mol. The maximum Gasteiger partial charge on any atom is 0.0807 e. The highest BCUT2D eigenvalue weighted by atomic mass is 127. The van der Waals surface area contributed by atoms with Gasteiger partial charge in [0.25, 0.3) is 0 Å². The Morgan fingerprint density at radius 1 is 1.42 bits per heavy atom. The van der Waals surface area contributed by atoms with Gasteiger partial charge in [-0.3, -0.25) is 0 Å². The maximum atomic E-state index is 9.72. The zero-order chi connectivity index (χ0) is 9.72. The van der Waals surface area contributed by atoms with E-state index in [-0.39, 0.29) is 12.0 Å². The highest BCUT2D eigenvalue weighted by molar-refractivity contribution is 14.1. The predicted molar refractivity (Wildman–Crippen MR) is 62.4 cm³/mol. The lowest BCUT2D eigenvalue weighted by Crippen LogP contribution is -2.16. The van der Waals surface area contributed by atoms with Gasteiger partial charge < -0.3 is 5.11 Å². The zero-order valence-electron chi connectivity index (χ0n) is 8.13. The Balaban J connectivity index is 4.29. The third kappa shape index (κ3) is 4.26. The summed E-state index contributed by atoms with van der Waals surface area (Å²) in [6.07, 6.45) is 3.70. The van der Waals surface area contributed by atoms with Crippen LogP contribution >= 0.6 is 22.6 Å². The molecule has 0 aliphatic heterocycles. The van der Waals surface area contributed by atoms with Crippen molar-refractivity contribution in [1.29, 1.82) is 0 Å². The van der Waals surface area contributed by atoms with Crippen molar-refractivity contribution in [3.8, 4) is 0 Å². The number of aliphatic hydroxyl groups is 1. The molecule has 0 saturated carbocycles. The molecule has 0 aromatic carbocycles. The van der Waals surface area contributed by atoms with Gasteiger partial charge in [0.05, 0.1) is 6.10 Å². The Morgan fingerprint density at radius 2 is 1.92 bits per heavy atom. The van der Waals surface area contributed by atoms with E-state index in [1.165, 1.54) is 3.58 Å². The standard InChI is InChI=1S/C10H17IO/c1-5-7(2)10(12)8(3)6-9(4)11/h5-6,8,10,12H,1-4H3/b7-5+,9-6+/t8-,10+/m1/s1. The van der Waals surface area contributed by atoms with Crippen LogP contribution in [-0.2, 0) is 0 Å². The van der Waals surface area contributed by atoms with Gasteiger partial charge in [-0.05, 0) is 52.5 Å². The van der Waals surface area contributed by atoms with Crippen LogP contribution in [0.4, 0.5) is 0 Å². The predicted octanol–water partition coefficient (Wildman–Crippen LogP) is 3.29. The van der Waals surface area contributed by atoms with Crippen molar-refractivity contribution in [3.63, 3.8) is 0 Å². The van der Waals surface area contributed by atoms with Crippen molar-refractivity contribution in [2.24, 2.45) is 5.92 Å². The molecule has 12 heavy (non-hydrogen) atoms. The van der Waals surface area contributed by atoms with Gasteiger partial charge in [0, 0.05) is 5.92 Å². The molecule has 0 saturated heterocycles. The summed E-state index contributed by atoms with van der Waals surface area (Å²) in [5.74, 6) is 0.207. The highest BCUT2D eigenvalue weighted by Crippen LogP contribution is 2.17. The zero-order valence-corrected chi connectivity index (χ0v) is 10.3. The van der Waals surface area contributed by atoms with Crippen LogP contribution in [0.25, 0.3) is 0 Å². The molecule has 1 nitrogen and oxygen atoms in total. The van der Waals surface area contributed by atoms with Crippen molar-refractivity contribution >= 4 is 22.6 Å². The molecule has 2 heteroatoms. The van der Waals surface area contributed by atoms with E-state index in [0.717, 1.165) is 5.57 Å². The van der Waals surface area contributed by atoms with Crippen molar-refractivity contribution in [1.82, 2.24) is 0 Å². The van der Waals surface area contributed by atoms with Gasteiger partial charge in [-0.1, -0.05) is 19.1 Å². The molecule has 0 spiro atoms. The Hall–Kier alpha value is 0.170. The van der Waals surface area contributed by atoms with E-state index in [1.807, 2.05) is 33.8 Å². The van der Waals surface area contributed by atoms with Crippen molar-refractivity contribution in [2.45, 2.75) is 33.8 Å². The molecule has 0 rings (SSSR count). The van der Waals surface area contributed by atoms with E-state index in [1.54, 1.807) is 0 Å². The number of aliphatic hydroxyl groups excluding tert-OH is 1. The third-order valence-corrected chi connectivity index (χ3v) is 2.27. The lowest BCUT2D eigenvalue weighted by atomic mass is 9.98. The molecule has 0 aromatic rings. The largest absolute Gasteiger partial charge is 0.388 e. The maximum absolute atomic E-state index is 9.72. The van der Waals surface area contributed by atoms with E-state index in [4.69, 9.17) is 0 Å². The van der Waals surface area contributed by atoms with Crippen LogP contribution in [0.3, 0.4) is 0 Å². The molecule has 2 atom stereocenters. The molecule has 1 N–H and O–H groups in total. The Bertz CT molecular complexity index is 190. The normalized spacial score (nSPS) is 19.2. The van der Waals surface area contributed by atoms with Crippen LogP contribution in [0.2, 0.25) is 0 Å². The molecule has 0 unspecified atom stereocenters. The minimum atomic E-state index is -0.334. The SMILES string of the molecule is C/C=C(\C)[C@H](O)[C@H](C)/C=C(\C)I. The fourth-order valence-electron chi connectivity index (χ4n) is 1.04. The number of allylic oxidation sites excluding steroid dienone is 2. The summed E-state index contributed by atoms with van der Waals surface area (Å²) in [5.41, 5.74) is 1.04. The minimum Gasteiger partial charge on any atom is -0.388 e. The summed E-state index contributed by atoms with van der Waals surface area (Å²) < 4.78 is 1.23. The van der Waals surface area contributed by atoms with Crippen LogP contribution in [0.15, 0.2) is 21.3 Å². The molecule has 0 bridgehead atoms. The average Bonchev–Trinajstić information content (AvgIpc) is 2.00. The van der Waals surface area contributed by atoms with Gasteiger partial charge in [-0.15, -0.1) is 0 Å². The average molecular weight is 280 g/mol. The van der Waals surface area contributed by atoms with Crippen LogP contribution in [0.1, 0.15) is 27.7 Å². The molecule has 0 aliphatic rings. The number of rotatable bonds is 3. The van der Waals surface area contributed by atoms with Gasteiger partial charge >= 0.3 is 0 Å². The molecule has 0 radical (unpaired) electrons. The highest BCUT2D eigenvalue weighted by Gasteiger charge is 2.12. The first kappa shape index (κ1) is 12.2. The number of hydrogen-bond donors (Lipinski definition) is 1. The quantitative estimate of drug-likeness (QED) is 0.621. The Kier molecular flexibility index (Phi) is 5.84. The van der Waals surface area contributed by atoms with Gasteiger partial charge in [-0.2, -0.15) is 0 Å².